The molecule has 2 saturated heterocycles. The first kappa shape index (κ1) is 24.2. The molecule has 0 bridgehead atoms. The Morgan fingerprint density at radius 2 is 1.85 bits per heavy atom. The quantitative estimate of drug-likeness (QED) is 0.634. The van der Waals surface area contributed by atoms with Gasteiger partial charge in [-0.05, 0) is 56.8 Å². The van der Waals surface area contributed by atoms with Crippen LogP contribution in [0.25, 0.3) is 11.0 Å². The van der Waals surface area contributed by atoms with E-state index < -0.39 is 10.0 Å². The predicted octanol–water partition coefficient (Wildman–Crippen LogP) is 2.67. The number of imidazole rings is 1. The smallest absolute Gasteiger partial charge is 0.243 e. The van der Waals surface area contributed by atoms with Gasteiger partial charge in [0.05, 0.1) is 15.9 Å². The largest absolute Gasteiger partial charge is 0.353 e. The second-order valence-corrected chi connectivity index (χ2v) is 11.3. The molecule has 0 atom stereocenters. The van der Waals surface area contributed by atoms with Gasteiger partial charge in [-0.15, -0.1) is 0 Å². The number of hydrogen-bond acceptors (Lipinski definition) is 5. The Balaban J connectivity index is 1.37. The van der Waals surface area contributed by atoms with E-state index in [9.17, 15) is 13.2 Å². The number of piperidine rings is 2. The zero-order valence-electron chi connectivity index (χ0n) is 19.9. The molecule has 0 spiro atoms. The van der Waals surface area contributed by atoms with Crippen LogP contribution in [-0.2, 0) is 28.3 Å². The fourth-order valence-electron chi connectivity index (χ4n) is 5.01. The van der Waals surface area contributed by atoms with E-state index in [0.717, 1.165) is 63.1 Å². The fourth-order valence-corrected chi connectivity index (χ4v) is 6.55. The number of amides is 1. The topological polar surface area (TPSA) is 87.5 Å². The molecule has 3 heterocycles. The Bertz CT molecular complexity index is 1070. The first-order valence-electron chi connectivity index (χ1n) is 12.4. The first-order chi connectivity index (χ1) is 15.9. The minimum absolute atomic E-state index is 0.0596. The van der Waals surface area contributed by atoms with Crippen LogP contribution < -0.4 is 5.32 Å². The van der Waals surface area contributed by atoms with Gasteiger partial charge in [0.1, 0.15) is 5.82 Å². The van der Waals surface area contributed by atoms with Gasteiger partial charge in [0, 0.05) is 52.1 Å². The van der Waals surface area contributed by atoms with E-state index in [1.165, 1.54) is 6.42 Å². The van der Waals surface area contributed by atoms with Crippen LogP contribution in [-0.4, -0.2) is 71.8 Å². The standard InChI is InChI=1S/C24H37N5O3S/c1-3-13-28-16-11-19(12-17-28)25-24(30)10-9-23-26-21-18-20(7-8-22(21)27(23)2)33(31,32)29-14-5-4-6-15-29/h7-8,18-19H,3-6,9-17H2,1-2H3,(H,25,30). The Morgan fingerprint density at radius 3 is 2.55 bits per heavy atom. The number of aryl methyl sites for hydroxylation is 2. The molecule has 1 aromatic carbocycles. The summed E-state index contributed by atoms with van der Waals surface area (Å²) in [6.07, 6.45) is 7.00. The second kappa shape index (κ2) is 10.5. The van der Waals surface area contributed by atoms with Gasteiger partial charge in [0.25, 0.3) is 0 Å². The number of carbonyl (C=O) groups excluding carboxylic acids is 1. The number of sulfonamides is 1. The van der Waals surface area contributed by atoms with Crippen molar-refractivity contribution in [2.24, 2.45) is 7.05 Å². The van der Waals surface area contributed by atoms with Gasteiger partial charge < -0.3 is 14.8 Å². The Kier molecular flexibility index (Phi) is 7.71. The van der Waals surface area contributed by atoms with Crippen molar-refractivity contribution in [2.45, 2.75) is 69.2 Å². The lowest BCUT2D eigenvalue weighted by atomic mass is 10.0. The maximum Gasteiger partial charge on any atom is 0.243 e. The predicted molar refractivity (Wildman–Crippen MR) is 130 cm³/mol. The molecule has 1 amide bonds. The van der Waals surface area contributed by atoms with Crippen LogP contribution in [0.4, 0.5) is 0 Å². The molecule has 1 N–H and O–H groups in total. The molecule has 2 aliphatic rings. The van der Waals surface area contributed by atoms with E-state index in [2.05, 4.69) is 22.1 Å². The molecule has 2 fully saturated rings. The van der Waals surface area contributed by atoms with Gasteiger partial charge in [0.15, 0.2) is 0 Å². The molecule has 0 unspecified atom stereocenters. The number of benzene rings is 1. The lowest BCUT2D eigenvalue weighted by molar-refractivity contribution is -0.122. The van der Waals surface area contributed by atoms with E-state index in [1.807, 2.05) is 17.7 Å². The summed E-state index contributed by atoms with van der Waals surface area (Å²) in [5, 5.41) is 3.18. The van der Waals surface area contributed by atoms with Crippen molar-refractivity contribution in [1.82, 2.24) is 24.1 Å². The van der Waals surface area contributed by atoms with Crippen molar-refractivity contribution in [3.05, 3.63) is 24.0 Å². The van der Waals surface area contributed by atoms with E-state index in [4.69, 9.17) is 0 Å². The van der Waals surface area contributed by atoms with Crippen molar-refractivity contribution in [3.63, 3.8) is 0 Å². The summed E-state index contributed by atoms with van der Waals surface area (Å²) >= 11 is 0. The SMILES string of the molecule is CCCN1CCC(NC(=O)CCc2nc3cc(S(=O)(=O)N4CCCCC4)ccc3n2C)CC1. The van der Waals surface area contributed by atoms with Crippen LogP contribution in [0, 0.1) is 0 Å². The molecule has 0 radical (unpaired) electrons. The maximum absolute atomic E-state index is 13.0. The van der Waals surface area contributed by atoms with Gasteiger partial charge in [-0.1, -0.05) is 13.3 Å². The summed E-state index contributed by atoms with van der Waals surface area (Å²) in [6, 6.07) is 5.43. The Labute approximate surface area is 197 Å². The van der Waals surface area contributed by atoms with Crippen LogP contribution in [0.3, 0.4) is 0 Å². The van der Waals surface area contributed by atoms with E-state index in [0.29, 0.717) is 36.3 Å². The van der Waals surface area contributed by atoms with Gasteiger partial charge in [-0.3, -0.25) is 4.79 Å². The zero-order chi connectivity index (χ0) is 23.4. The van der Waals surface area contributed by atoms with Gasteiger partial charge >= 0.3 is 0 Å². The average molecular weight is 476 g/mol. The number of hydrogen-bond donors (Lipinski definition) is 1. The van der Waals surface area contributed by atoms with E-state index in [1.54, 1.807) is 16.4 Å². The normalized spacial score (nSPS) is 19.2. The molecule has 8 nitrogen and oxygen atoms in total. The van der Waals surface area contributed by atoms with E-state index >= 15 is 0 Å². The fraction of sp³-hybridized carbons (Fsp3) is 0.667. The highest BCUT2D eigenvalue weighted by Gasteiger charge is 2.27. The number of fused-ring (bicyclic) bond motifs is 1. The lowest BCUT2D eigenvalue weighted by Gasteiger charge is -2.32. The summed E-state index contributed by atoms with van der Waals surface area (Å²) in [5.41, 5.74) is 1.54. The first-order valence-corrected chi connectivity index (χ1v) is 13.8. The summed E-state index contributed by atoms with van der Waals surface area (Å²) in [7, 11) is -1.57. The van der Waals surface area contributed by atoms with Gasteiger partial charge in [0.2, 0.25) is 15.9 Å². The molecule has 1 aromatic heterocycles. The molecular weight excluding hydrogens is 438 g/mol. The third kappa shape index (κ3) is 5.58. The highest BCUT2D eigenvalue weighted by atomic mass is 32.2. The number of likely N-dealkylation sites (tertiary alicyclic amines) is 1. The molecule has 4 rings (SSSR count). The molecule has 33 heavy (non-hydrogen) atoms. The number of rotatable bonds is 8. The minimum Gasteiger partial charge on any atom is -0.353 e. The summed E-state index contributed by atoms with van der Waals surface area (Å²) in [4.78, 5) is 20.0. The molecular formula is C24H37N5O3S. The van der Waals surface area contributed by atoms with Gasteiger partial charge in [-0.25, -0.2) is 13.4 Å². The van der Waals surface area contributed by atoms with Crippen molar-refractivity contribution in [3.8, 4) is 0 Å². The average Bonchev–Trinajstić information content (AvgIpc) is 3.14. The highest BCUT2D eigenvalue weighted by molar-refractivity contribution is 7.89. The summed E-state index contributed by atoms with van der Waals surface area (Å²) in [5.74, 6) is 0.856. The molecule has 9 heteroatoms. The zero-order valence-corrected chi connectivity index (χ0v) is 20.7. The van der Waals surface area contributed by atoms with Crippen molar-refractivity contribution >= 4 is 27.0 Å². The molecule has 2 aliphatic heterocycles. The lowest BCUT2D eigenvalue weighted by Crippen LogP contribution is -2.44. The monoisotopic (exact) mass is 475 g/mol. The maximum atomic E-state index is 13.0. The van der Waals surface area contributed by atoms with Crippen molar-refractivity contribution in [1.29, 1.82) is 0 Å². The summed E-state index contributed by atoms with van der Waals surface area (Å²) < 4.78 is 29.6. The van der Waals surface area contributed by atoms with Crippen LogP contribution in [0.1, 0.15) is 57.7 Å². The number of nitrogens with one attached hydrogen (secondary N) is 1. The Morgan fingerprint density at radius 1 is 1.12 bits per heavy atom. The van der Waals surface area contributed by atoms with Crippen LogP contribution in [0.5, 0.6) is 0 Å². The van der Waals surface area contributed by atoms with Crippen LogP contribution in [0.2, 0.25) is 0 Å². The number of aromatic nitrogens is 2. The highest BCUT2D eigenvalue weighted by Crippen LogP contribution is 2.25. The second-order valence-electron chi connectivity index (χ2n) is 9.39. The summed E-state index contributed by atoms with van der Waals surface area (Å²) in [6.45, 7) is 6.59. The van der Waals surface area contributed by atoms with Crippen molar-refractivity contribution < 1.29 is 13.2 Å². The molecule has 0 aliphatic carbocycles. The van der Waals surface area contributed by atoms with E-state index in [-0.39, 0.29) is 11.9 Å². The number of nitrogens with zero attached hydrogens (tertiary/aromatic N) is 4. The molecule has 0 saturated carbocycles. The third-order valence-corrected chi connectivity index (χ3v) is 8.86. The van der Waals surface area contributed by atoms with Crippen molar-refractivity contribution in [2.75, 3.05) is 32.7 Å². The van der Waals surface area contributed by atoms with Crippen LogP contribution >= 0.6 is 0 Å². The van der Waals surface area contributed by atoms with Gasteiger partial charge in [-0.2, -0.15) is 4.31 Å². The Hall–Kier alpha value is -1.97. The number of carbonyl (C=O) groups is 1. The molecule has 182 valence electrons. The minimum atomic E-state index is -3.49. The third-order valence-electron chi connectivity index (χ3n) is 6.97. The molecule has 2 aromatic rings. The van der Waals surface area contributed by atoms with Crippen LogP contribution in [0.15, 0.2) is 23.1 Å².